The summed E-state index contributed by atoms with van der Waals surface area (Å²) in [6.45, 7) is 8.91. The van der Waals surface area contributed by atoms with E-state index >= 15 is 0 Å². The molecule has 0 bridgehead atoms. The molecular weight excluding hydrogens is 440 g/mol. The van der Waals surface area contributed by atoms with Gasteiger partial charge in [-0.3, -0.25) is 4.79 Å². The predicted molar refractivity (Wildman–Crippen MR) is 126 cm³/mol. The minimum absolute atomic E-state index is 0.0593. The molecule has 1 N–H and O–H groups in total. The molecule has 1 fully saturated rings. The van der Waals surface area contributed by atoms with Crippen LogP contribution in [0.3, 0.4) is 0 Å². The lowest BCUT2D eigenvalue weighted by Gasteiger charge is -2.34. The van der Waals surface area contributed by atoms with Crippen molar-refractivity contribution in [3.05, 3.63) is 53.6 Å². The molecular formula is C25H32N2O5S. The summed E-state index contributed by atoms with van der Waals surface area (Å²) in [5, 5.41) is 3.13. The largest absolute Gasteiger partial charge is 0.454 e. The monoisotopic (exact) mass is 472 g/mol. The van der Waals surface area contributed by atoms with E-state index in [1.54, 1.807) is 12.1 Å². The van der Waals surface area contributed by atoms with E-state index in [2.05, 4.69) is 19.2 Å². The number of sulfonamides is 1. The van der Waals surface area contributed by atoms with Gasteiger partial charge in [-0.15, -0.1) is 0 Å². The maximum Gasteiger partial charge on any atom is 0.243 e. The third kappa shape index (κ3) is 4.87. The van der Waals surface area contributed by atoms with Gasteiger partial charge in [0.25, 0.3) is 0 Å². The van der Waals surface area contributed by atoms with Crippen LogP contribution in [0.25, 0.3) is 0 Å². The van der Waals surface area contributed by atoms with E-state index in [4.69, 9.17) is 9.47 Å². The second-order valence-electron chi connectivity index (χ2n) is 9.58. The summed E-state index contributed by atoms with van der Waals surface area (Å²) in [5.41, 5.74) is 1.43. The number of rotatable bonds is 6. The number of ether oxygens (including phenoxy) is 2. The Morgan fingerprint density at radius 1 is 1.03 bits per heavy atom. The smallest absolute Gasteiger partial charge is 0.243 e. The first-order valence-corrected chi connectivity index (χ1v) is 12.8. The van der Waals surface area contributed by atoms with Crippen molar-refractivity contribution in [1.29, 1.82) is 0 Å². The summed E-state index contributed by atoms with van der Waals surface area (Å²) in [6.07, 6.45) is 0.985. The lowest BCUT2D eigenvalue weighted by molar-refractivity contribution is -0.127. The molecule has 4 rings (SSSR count). The first kappa shape index (κ1) is 23.6. The molecule has 2 aromatic rings. The molecule has 0 unspecified atom stereocenters. The Labute approximate surface area is 196 Å². The Balaban J connectivity index is 1.37. The Bertz CT molecular complexity index is 1120. The second kappa shape index (κ2) is 8.99. The number of carbonyl (C=O) groups is 1. The van der Waals surface area contributed by atoms with Crippen LogP contribution in [0, 0.1) is 5.92 Å². The van der Waals surface area contributed by atoms with Crippen molar-refractivity contribution >= 4 is 15.9 Å². The number of carbonyl (C=O) groups excluding carboxylic acids is 1. The van der Waals surface area contributed by atoms with Crippen molar-refractivity contribution in [2.45, 2.75) is 56.9 Å². The number of hydrogen-bond donors (Lipinski definition) is 1. The van der Waals surface area contributed by atoms with Gasteiger partial charge >= 0.3 is 0 Å². The van der Waals surface area contributed by atoms with E-state index in [-0.39, 0.29) is 18.6 Å². The van der Waals surface area contributed by atoms with Gasteiger partial charge in [0, 0.05) is 19.0 Å². The number of hydrogen-bond acceptors (Lipinski definition) is 5. The molecule has 1 saturated heterocycles. The average Bonchev–Trinajstić information content (AvgIpc) is 3.27. The number of piperidine rings is 1. The maximum absolute atomic E-state index is 13.1. The number of nitrogens with one attached hydrogen (secondary N) is 1. The highest BCUT2D eigenvalue weighted by atomic mass is 32.2. The van der Waals surface area contributed by atoms with Crippen molar-refractivity contribution in [3.8, 4) is 11.5 Å². The van der Waals surface area contributed by atoms with E-state index in [1.807, 2.05) is 44.2 Å². The third-order valence-corrected chi connectivity index (χ3v) is 8.45. The molecule has 0 radical (unpaired) electrons. The summed E-state index contributed by atoms with van der Waals surface area (Å²) >= 11 is 0. The van der Waals surface area contributed by atoms with Crippen molar-refractivity contribution in [2.75, 3.05) is 19.9 Å². The summed E-state index contributed by atoms with van der Waals surface area (Å²) in [5.74, 6) is 1.44. The van der Waals surface area contributed by atoms with Gasteiger partial charge in [0.2, 0.25) is 22.7 Å². The molecule has 0 saturated carbocycles. The van der Waals surface area contributed by atoms with Gasteiger partial charge in [0.05, 0.1) is 10.4 Å². The minimum atomic E-state index is -3.56. The molecule has 2 aliphatic rings. The van der Waals surface area contributed by atoms with Crippen LogP contribution in [0.15, 0.2) is 47.4 Å². The molecule has 2 aliphatic heterocycles. The third-order valence-electron chi connectivity index (χ3n) is 6.54. The van der Waals surface area contributed by atoms with Gasteiger partial charge in [-0.2, -0.15) is 4.31 Å². The normalized spacial score (nSPS) is 17.4. The highest BCUT2D eigenvalue weighted by Gasteiger charge is 2.34. The van der Waals surface area contributed by atoms with Gasteiger partial charge in [-0.05, 0) is 68.0 Å². The molecule has 0 spiro atoms. The fraction of sp³-hybridized carbons (Fsp3) is 0.480. The molecule has 178 valence electrons. The Morgan fingerprint density at radius 2 is 1.67 bits per heavy atom. The van der Waals surface area contributed by atoms with Gasteiger partial charge in [-0.1, -0.05) is 32.0 Å². The minimum Gasteiger partial charge on any atom is -0.454 e. The predicted octanol–water partition coefficient (Wildman–Crippen LogP) is 3.99. The highest BCUT2D eigenvalue weighted by Crippen LogP contribution is 2.36. The molecule has 2 aromatic carbocycles. The number of fused-ring (bicyclic) bond motifs is 1. The average molecular weight is 473 g/mol. The molecule has 33 heavy (non-hydrogen) atoms. The zero-order valence-corrected chi connectivity index (χ0v) is 20.4. The van der Waals surface area contributed by atoms with Gasteiger partial charge in [0.1, 0.15) is 0 Å². The summed E-state index contributed by atoms with van der Waals surface area (Å²) in [7, 11) is -3.56. The summed E-state index contributed by atoms with van der Waals surface area (Å²) in [4.78, 5) is 13.3. The van der Waals surface area contributed by atoms with Crippen molar-refractivity contribution < 1.29 is 22.7 Å². The van der Waals surface area contributed by atoms with E-state index in [0.29, 0.717) is 48.2 Å². The quantitative estimate of drug-likeness (QED) is 0.687. The number of benzene rings is 2. The van der Waals surface area contributed by atoms with Crippen LogP contribution in [0.5, 0.6) is 11.5 Å². The Kier molecular flexibility index (Phi) is 6.42. The number of amides is 1. The van der Waals surface area contributed by atoms with Crippen molar-refractivity contribution in [3.63, 3.8) is 0 Å². The van der Waals surface area contributed by atoms with E-state index in [0.717, 1.165) is 11.1 Å². The van der Waals surface area contributed by atoms with E-state index in [9.17, 15) is 13.2 Å². The zero-order chi connectivity index (χ0) is 23.8. The zero-order valence-electron chi connectivity index (χ0n) is 19.6. The lowest BCUT2D eigenvalue weighted by Crippen LogP contribution is -2.47. The highest BCUT2D eigenvalue weighted by molar-refractivity contribution is 7.89. The van der Waals surface area contributed by atoms with Crippen LogP contribution in [0.4, 0.5) is 0 Å². The van der Waals surface area contributed by atoms with Crippen LogP contribution in [0.2, 0.25) is 0 Å². The SMILES string of the molecule is CC(C)c1ccc(S(=O)(=O)N2CCC(C(=O)NC(C)(C)c3ccc4c(c3)OCO4)CC2)cc1. The molecule has 1 amide bonds. The maximum atomic E-state index is 13.1. The lowest BCUT2D eigenvalue weighted by atomic mass is 9.91. The Hall–Kier alpha value is -2.58. The standard InChI is InChI=1S/C25H32N2O5S/c1-17(2)18-5-8-21(9-6-18)33(29,30)27-13-11-19(12-14-27)24(28)26-25(3,4)20-7-10-22-23(15-20)32-16-31-22/h5-10,15,17,19H,11-14,16H2,1-4H3,(H,26,28). The van der Waals surface area contributed by atoms with Crippen molar-refractivity contribution in [1.82, 2.24) is 9.62 Å². The Morgan fingerprint density at radius 3 is 2.30 bits per heavy atom. The summed E-state index contributed by atoms with van der Waals surface area (Å²) < 4.78 is 38.4. The van der Waals surface area contributed by atoms with Gasteiger partial charge < -0.3 is 14.8 Å². The van der Waals surface area contributed by atoms with Crippen molar-refractivity contribution in [2.24, 2.45) is 5.92 Å². The fourth-order valence-corrected chi connectivity index (χ4v) is 5.77. The fourth-order valence-electron chi connectivity index (χ4n) is 4.30. The molecule has 8 heteroatoms. The number of nitrogens with zero attached hydrogens (tertiary/aromatic N) is 1. The molecule has 0 atom stereocenters. The van der Waals surface area contributed by atoms with Crippen LogP contribution < -0.4 is 14.8 Å². The van der Waals surface area contributed by atoms with Crippen LogP contribution in [-0.4, -0.2) is 38.5 Å². The molecule has 0 aromatic heterocycles. The second-order valence-corrected chi connectivity index (χ2v) is 11.5. The first-order chi connectivity index (χ1) is 15.6. The van der Waals surface area contributed by atoms with Gasteiger partial charge in [0.15, 0.2) is 11.5 Å². The van der Waals surface area contributed by atoms with Crippen LogP contribution >= 0.6 is 0 Å². The molecule has 2 heterocycles. The van der Waals surface area contributed by atoms with Gasteiger partial charge in [-0.25, -0.2) is 8.42 Å². The van der Waals surface area contributed by atoms with Crippen LogP contribution in [0.1, 0.15) is 57.6 Å². The topological polar surface area (TPSA) is 84.9 Å². The summed E-state index contributed by atoms with van der Waals surface area (Å²) in [6, 6.07) is 12.8. The van der Waals surface area contributed by atoms with E-state index < -0.39 is 15.6 Å². The molecule has 7 nitrogen and oxygen atoms in total. The van der Waals surface area contributed by atoms with E-state index in [1.165, 1.54) is 4.31 Å². The van der Waals surface area contributed by atoms with Crippen LogP contribution in [-0.2, 0) is 20.4 Å². The first-order valence-electron chi connectivity index (χ1n) is 11.4. The molecule has 0 aliphatic carbocycles.